The predicted octanol–water partition coefficient (Wildman–Crippen LogP) is 2.81. The molecule has 1 amide bonds. The van der Waals surface area contributed by atoms with Gasteiger partial charge in [0.15, 0.2) is 0 Å². The van der Waals surface area contributed by atoms with Crippen LogP contribution in [-0.2, 0) is 11.3 Å². The summed E-state index contributed by atoms with van der Waals surface area (Å²) in [6.07, 6.45) is 8.23. The van der Waals surface area contributed by atoms with Gasteiger partial charge in [-0.1, -0.05) is 31.4 Å². The van der Waals surface area contributed by atoms with Crippen LogP contribution in [0.1, 0.15) is 50.5 Å². The lowest BCUT2D eigenvalue weighted by molar-refractivity contribution is -0.126. The second kappa shape index (κ2) is 7.82. The molecule has 3 rings (SSSR count). The minimum Gasteiger partial charge on any atom is -0.371 e. The highest BCUT2D eigenvalue weighted by Gasteiger charge is 2.27. The summed E-state index contributed by atoms with van der Waals surface area (Å²) in [4.78, 5) is 14.9. The van der Waals surface area contributed by atoms with Crippen molar-refractivity contribution in [2.24, 2.45) is 11.7 Å². The minimum absolute atomic E-state index is 0.118. The summed E-state index contributed by atoms with van der Waals surface area (Å²) >= 11 is 0. The topological polar surface area (TPSA) is 58.4 Å². The van der Waals surface area contributed by atoms with Crippen LogP contribution in [0.2, 0.25) is 0 Å². The molecule has 0 aromatic heterocycles. The zero-order chi connectivity index (χ0) is 16.1. The number of nitrogens with one attached hydrogen (secondary N) is 1. The van der Waals surface area contributed by atoms with Gasteiger partial charge in [0.2, 0.25) is 5.91 Å². The van der Waals surface area contributed by atoms with E-state index in [1.54, 1.807) is 0 Å². The average Bonchev–Trinajstić information content (AvgIpc) is 2.63. The molecule has 4 nitrogen and oxygen atoms in total. The first kappa shape index (κ1) is 16.3. The number of carbonyl (C=O) groups excluding carboxylic acids is 1. The van der Waals surface area contributed by atoms with Crippen molar-refractivity contribution in [3.05, 3.63) is 29.8 Å². The van der Waals surface area contributed by atoms with Crippen LogP contribution in [0.25, 0.3) is 0 Å². The fraction of sp³-hybridized carbons (Fsp3) is 0.632. The molecule has 126 valence electrons. The molecular weight excluding hydrogens is 286 g/mol. The van der Waals surface area contributed by atoms with E-state index < -0.39 is 0 Å². The fourth-order valence-electron chi connectivity index (χ4n) is 3.87. The second-order valence-corrected chi connectivity index (χ2v) is 7.00. The highest BCUT2D eigenvalue weighted by atomic mass is 16.2. The molecule has 1 heterocycles. The van der Waals surface area contributed by atoms with Crippen molar-refractivity contribution < 1.29 is 4.79 Å². The van der Waals surface area contributed by atoms with Gasteiger partial charge in [-0.3, -0.25) is 4.79 Å². The van der Waals surface area contributed by atoms with Crippen molar-refractivity contribution in [3.63, 3.8) is 0 Å². The van der Waals surface area contributed by atoms with E-state index in [-0.39, 0.29) is 11.8 Å². The van der Waals surface area contributed by atoms with Crippen molar-refractivity contribution in [2.45, 2.75) is 57.5 Å². The lowest BCUT2D eigenvalue weighted by Gasteiger charge is -2.35. The normalized spacial score (nSPS) is 22.8. The minimum atomic E-state index is 0.118. The SMILES string of the molecule is NCc1cccc(N2CCC[C@H](C(=O)NC3CCCCC3)C2)c1. The van der Waals surface area contributed by atoms with Gasteiger partial charge in [-0.05, 0) is 43.4 Å². The first-order chi connectivity index (χ1) is 11.3. The molecule has 0 radical (unpaired) electrons. The number of hydrogen-bond donors (Lipinski definition) is 2. The van der Waals surface area contributed by atoms with Crippen LogP contribution in [0, 0.1) is 5.92 Å². The number of piperidine rings is 1. The lowest BCUT2D eigenvalue weighted by atomic mass is 9.92. The molecule has 1 saturated heterocycles. The standard InChI is InChI=1S/C19H29N3O/c20-13-15-6-4-10-18(12-15)22-11-5-7-16(14-22)19(23)21-17-8-2-1-3-9-17/h4,6,10,12,16-17H,1-3,5,7-9,11,13-14,20H2,(H,21,23)/t16-/m0/s1. The molecule has 4 heteroatoms. The summed E-state index contributed by atoms with van der Waals surface area (Å²) in [6, 6.07) is 8.80. The number of nitrogens with two attached hydrogens (primary N) is 1. The molecule has 2 aliphatic rings. The van der Waals surface area contributed by atoms with E-state index in [0.29, 0.717) is 12.6 Å². The molecule has 1 aliphatic heterocycles. The maximum atomic E-state index is 12.6. The molecule has 1 atom stereocenters. The Hall–Kier alpha value is -1.55. The number of amides is 1. The van der Waals surface area contributed by atoms with Crippen LogP contribution in [-0.4, -0.2) is 25.0 Å². The van der Waals surface area contributed by atoms with E-state index in [0.717, 1.165) is 44.3 Å². The van der Waals surface area contributed by atoms with Crippen molar-refractivity contribution in [3.8, 4) is 0 Å². The third-order valence-electron chi connectivity index (χ3n) is 5.26. The first-order valence-corrected chi connectivity index (χ1v) is 9.10. The van der Waals surface area contributed by atoms with E-state index in [1.807, 2.05) is 0 Å². The summed E-state index contributed by atoms with van der Waals surface area (Å²) in [5.41, 5.74) is 8.09. The average molecular weight is 315 g/mol. The summed E-state index contributed by atoms with van der Waals surface area (Å²) in [7, 11) is 0. The summed E-state index contributed by atoms with van der Waals surface area (Å²) in [6.45, 7) is 2.42. The van der Waals surface area contributed by atoms with Gasteiger partial charge < -0.3 is 16.0 Å². The summed E-state index contributed by atoms with van der Waals surface area (Å²) in [5, 5.41) is 3.30. The Morgan fingerprint density at radius 2 is 2.00 bits per heavy atom. The lowest BCUT2D eigenvalue weighted by Crippen LogP contribution is -2.46. The van der Waals surface area contributed by atoms with Crippen molar-refractivity contribution >= 4 is 11.6 Å². The molecule has 1 aliphatic carbocycles. The molecule has 23 heavy (non-hydrogen) atoms. The van der Waals surface area contributed by atoms with Gasteiger partial charge in [0, 0.05) is 31.4 Å². The smallest absolute Gasteiger partial charge is 0.225 e. The molecule has 2 fully saturated rings. The summed E-state index contributed by atoms with van der Waals surface area (Å²) < 4.78 is 0. The van der Waals surface area contributed by atoms with Gasteiger partial charge in [-0.25, -0.2) is 0 Å². The number of nitrogens with zero attached hydrogens (tertiary/aromatic N) is 1. The van der Waals surface area contributed by atoms with E-state index >= 15 is 0 Å². The maximum Gasteiger partial charge on any atom is 0.225 e. The molecule has 0 unspecified atom stereocenters. The van der Waals surface area contributed by atoms with Gasteiger partial charge in [-0.2, -0.15) is 0 Å². The number of hydrogen-bond acceptors (Lipinski definition) is 3. The second-order valence-electron chi connectivity index (χ2n) is 7.00. The highest BCUT2D eigenvalue weighted by molar-refractivity contribution is 5.80. The van der Waals surface area contributed by atoms with E-state index in [2.05, 4.69) is 34.5 Å². The quantitative estimate of drug-likeness (QED) is 0.898. The summed E-state index contributed by atoms with van der Waals surface area (Å²) in [5.74, 6) is 0.379. The van der Waals surface area contributed by atoms with Crippen LogP contribution >= 0.6 is 0 Å². The Balaban J connectivity index is 1.59. The number of carbonyl (C=O) groups is 1. The molecule has 3 N–H and O–H groups in total. The maximum absolute atomic E-state index is 12.6. The van der Waals surface area contributed by atoms with Gasteiger partial charge in [-0.15, -0.1) is 0 Å². The van der Waals surface area contributed by atoms with Crippen molar-refractivity contribution in [1.29, 1.82) is 0 Å². The van der Waals surface area contributed by atoms with Crippen LogP contribution < -0.4 is 16.0 Å². The number of rotatable bonds is 4. The van der Waals surface area contributed by atoms with Gasteiger partial charge in [0.25, 0.3) is 0 Å². The Kier molecular flexibility index (Phi) is 5.55. The van der Waals surface area contributed by atoms with E-state index in [9.17, 15) is 4.79 Å². The van der Waals surface area contributed by atoms with Crippen LogP contribution in [0.15, 0.2) is 24.3 Å². The fourth-order valence-corrected chi connectivity index (χ4v) is 3.87. The van der Waals surface area contributed by atoms with E-state index in [1.165, 1.54) is 24.9 Å². The Labute approximate surface area is 139 Å². The van der Waals surface area contributed by atoms with Gasteiger partial charge in [0.1, 0.15) is 0 Å². The van der Waals surface area contributed by atoms with Crippen molar-refractivity contribution in [2.75, 3.05) is 18.0 Å². The molecular formula is C19H29N3O. The molecule has 1 saturated carbocycles. The van der Waals surface area contributed by atoms with E-state index in [4.69, 9.17) is 5.73 Å². The van der Waals surface area contributed by atoms with Gasteiger partial charge in [0.05, 0.1) is 5.92 Å². The van der Waals surface area contributed by atoms with Gasteiger partial charge >= 0.3 is 0 Å². The Morgan fingerprint density at radius 3 is 2.78 bits per heavy atom. The first-order valence-electron chi connectivity index (χ1n) is 9.10. The predicted molar refractivity (Wildman–Crippen MR) is 94.3 cm³/mol. The Morgan fingerprint density at radius 1 is 1.17 bits per heavy atom. The number of anilines is 1. The largest absolute Gasteiger partial charge is 0.371 e. The molecule has 0 bridgehead atoms. The zero-order valence-electron chi connectivity index (χ0n) is 14.0. The van der Waals surface area contributed by atoms with Crippen LogP contribution in [0.3, 0.4) is 0 Å². The number of benzene rings is 1. The van der Waals surface area contributed by atoms with Crippen LogP contribution in [0.4, 0.5) is 5.69 Å². The molecule has 1 aromatic carbocycles. The van der Waals surface area contributed by atoms with Crippen LogP contribution in [0.5, 0.6) is 0 Å². The molecule has 0 spiro atoms. The Bertz CT molecular complexity index is 525. The zero-order valence-corrected chi connectivity index (χ0v) is 14.0. The monoisotopic (exact) mass is 315 g/mol. The molecule has 1 aromatic rings. The third kappa shape index (κ3) is 4.25. The highest BCUT2D eigenvalue weighted by Crippen LogP contribution is 2.25. The third-order valence-corrected chi connectivity index (χ3v) is 5.26. The van der Waals surface area contributed by atoms with Crippen molar-refractivity contribution in [1.82, 2.24) is 5.32 Å².